The van der Waals surface area contributed by atoms with Crippen molar-refractivity contribution in [2.45, 2.75) is 25.3 Å². The van der Waals surface area contributed by atoms with Gasteiger partial charge in [-0.15, -0.1) is 0 Å². The standard InChI is InChI=1S/C21H25ClN6O2S/c1-3-28(4-2)31(29,30)18-11-9-17(10-12-18)27-21-19(23)20(25-14-26-21)24-13-15-5-7-16(22)8-6-15/h5-12,14H,3-4,13,23H2,1-2H3,(H2,24,25,26,27). The first-order chi connectivity index (χ1) is 14.8. The first-order valence-electron chi connectivity index (χ1n) is 9.81. The third kappa shape index (κ3) is 5.43. The van der Waals surface area contributed by atoms with E-state index >= 15 is 0 Å². The maximum absolute atomic E-state index is 12.6. The minimum atomic E-state index is -3.51. The van der Waals surface area contributed by atoms with Crippen LogP contribution in [0.25, 0.3) is 0 Å². The predicted octanol–water partition coefficient (Wildman–Crippen LogP) is 4.10. The van der Waals surface area contributed by atoms with E-state index in [2.05, 4.69) is 20.6 Å². The molecular formula is C21H25ClN6O2S. The summed E-state index contributed by atoms with van der Waals surface area (Å²) in [6, 6.07) is 14.0. The lowest BCUT2D eigenvalue weighted by Gasteiger charge is -2.18. The van der Waals surface area contributed by atoms with Crippen LogP contribution in [0.4, 0.5) is 23.0 Å². The van der Waals surface area contributed by atoms with Crippen molar-refractivity contribution in [3.8, 4) is 0 Å². The topological polar surface area (TPSA) is 113 Å². The lowest BCUT2D eigenvalue weighted by atomic mass is 10.2. The van der Waals surface area contributed by atoms with Gasteiger partial charge in [0.15, 0.2) is 11.6 Å². The molecule has 0 amide bonds. The Morgan fingerprint density at radius 1 is 0.968 bits per heavy atom. The number of sulfonamides is 1. The molecule has 0 radical (unpaired) electrons. The number of hydrogen-bond acceptors (Lipinski definition) is 7. The van der Waals surface area contributed by atoms with Crippen LogP contribution in [-0.2, 0) is 16.6 Å². The molecule has 1 aromatic heterocycles. The van der Waals surface area contributed by atoms with E-state index in [1.807, 2.05) is 38.1 Å². The van der Waals surface area contributed by atoms with E-state index in [9.17, 15) is 8.42 Å². The van der Waals surface area contributed by atoms with Crippen molar-refractivity contribution in [1.29, 1.82) is 0 Å². The molecule has 0 unspecified atom stereocenters. The summed E-state index contributed by atoms with van der Waals surface area (Å²) in [7, 11) is -3.51. The van der Waals surface area contributed by atoms with Crippen LogP contribution in [0.1, 0.15) is 19.4 Å². The maximum Gasteiger partial charge on any atom is 0.243 e. The van der Waals surface area contributed by atoms with Crippen molar-refractivity contribution in [3.63, 3.8) is 0 Å². The molecule has 0 saturated carbocycles. The molecule has 3 rings (SSSR count). The van der Waals surface area contributed by atoms with Gasteiger partial charge in [0.1, 0.15) is 12.0 Å². The van der Waals surface area contributed by atoms with Gasteiger partial charge in [-0.05, 0) is 42.0 Å². The van der Waals surface area contributed by atoms with Crippen LogP contribution in [0.3, 0.4) is 0 Å². The zero-order valence-electron chi connectivity index (χ0n) is 17.3. The Balaban J connectivity index is 1.73. The molecule has 1 heterocycles. The molecule has 10 heteroatoms. The Bertz CT molecular complexity index is 1120. The fraction of sp³-hybridized carbons (Fsp3) is 0.238. The summed E-state index contributed by atoms with van der Waals surface area (Å²) in [5, 5.41) is 6.97. The monoisotopic (exact) mass is 460 g/mol. The average Bonchev–Trinajstić information content (AvgIpc) is 2.76. The van der Waals surface area contributed by atoms with Crippen molar-refractivity contribution in [2.75, 3.05) is 29.5 Å². The lowest BCUT2D eigenvalue weighted by molar-refractivity contribution is 0.445. The molecule has 0 fully saturated rings. The van der Waals surface area contributed by atoms with Gasteiger partial charge in [0.2, 0.25) is 10.0 Å². The molecule has 0 aliphatic heterocycles. The van der Waals surface area contributed by atoms with Crippen LogP contribution in [0, 0.1) is 0 Å². The normalized spacial score (nSPS) is 11.5. The van der Waals surface area contributed by atoms with Crippen LogP contribution < -0.4 is 16.4 Å². The molecular weight excluding hydrogens is 436 g/mol. The third-order valence-electron chi connectivity index (χ3n) is 4.72. The van der Waals surface area contributed by atoms with Crippen LogP contribution in [0.15, 0.2) is 59.8 Å². The number of halogens is 1. The Morgan fingerprint density at radius 3 is 2.19 bits per heavy atom. The second kappa shape index (κ2) is 9.95. The van der Waals surface area contributed by atoms with Crippen LogP contribution >= 0.6 is 11.6 Å². The molecule has 0 atom stereocenters. The SMILES string of the molecule is CCN(CC)S(=O)(=O)c1ccc(Nc2ncnc(NCc3ccc(Cl)cc3)c2N)cc1. The number of anilines is 4. The van der Waals surface area contributed by atoms with Gasteiger partial charge in [-0.1, -0.05) is 37.6 Å². The number of hydrogen-bond donors (Lipinski definition) is 3. The van der Waals surface area contributed by atoms with Crippen molar-refractivity contribution in [2.24, 2.45) is 0 Å². The molecule has 31 heavy (non-hydrogen) atoms. The predicted molar refractivity (Wildman–Crippen MR) is 125 cm³/mol. The molecule has 2 aromatic carbocycles. The first-order valence-corrected chi connectivity index (χ1v) is 11.6. The molecule has 0 saturated heterocycles. The van der Waals surface area contributed by atoms with Crippen molar-refractivity contribution in [1.82, 2.24) is 14.3 Å². The van der Waals surface area contributed by atoms with Gasteiger partial charge in [0.05, 0.1) is 4.90 Å². The summed E-state index contributed by atoms with van der Waals surface area (Å²) in [4.78, 5) is 8.63. The summed E-state index contributed by atoms with van der Waals surface area (Å²) in [6.07, 6.45) is 1.40. The molecule has 8 nitrogen and oxygen atoms in total. The summed E-state index contributed by atoms with van der Waals surface area (Å²) in [6.45, 7) is 4.99. The number of nitrogen functional groups attached to an aromatic ring is 1. The van der Waals surface area contributed by atoms with Crippen molar-refractivity contribution < 1.29 is 8.42 Å². The van der Waals surface area contributed by atoms with E-state index in [1.165, 1.54) is 10.6 Å². The average molecular weight is 461 g/mol. The van der Waals surface area contributed by atoms with Gasteiger partial charge in [0.25, 0.3) is 0 Å². The highest BCUT2D eigenvalue weighted by Crippen LogP contribution is 2.27. The second-order valence-corrected chi connectivity index (χ2v) is 9.08. The quantitative estimate of drug-likeness (QED) is 0.440. The second-order valence-electron chi connectivity index (χ2n) is 6.70. The van der Waals surface area contributed by atoms with Crippen LogP contribution in [0.5, 0.6) is 0 Å². The number of benzene rings is 2. The van der Waals surface area contributed by atoms with E-state index in [0.29, 0.717) is 47.7 Å². The minimum Gasteiger partial charge on any atom is -0.393 e. The molecule has 0 spiro atoms. The highest BCUT2D eigenvalue weighted by molar-refractivity contribution is 7.89. The van der Waals surface area contributed by atoms with E-state index in [-0.39, 0.29) is 4.90 Å². The van der Waals surface area contributed by atoms with Gasteiger partial charge in [0, 0.05) is 30.3 Å². The van der Waals surface area contributed by atoms with Gasteiger partial charge >= 0.3 is 0 Å². The van der Waals surface area contributed by atoms with E-state index < -0.39 is 10.0 Å². The van der Waals surface area contributed by atoms with Gasteiger partial charge in [-0.3, -0.25) is 0 Å². The van der Waals surface area contributed by atoms with Gasteiger partial charge < -0.3 is 16.4 Å². The largest absolute Gasteiger partial charge is 0.393 e. The lowest BCUT2D eigenvalue weighted by Crippen LogP contribution is -2.30. The van der Waals surface area contributed by atoms with Crippen molar-refractivity contribution >= 4 is 44.6 Å². The highest BCUT2D eigenvalue weighted by Gasteiger charge is 2.21. The Labute approximate surface area is 187 Å². The zero-order chi connectivity index (χ0) is 22.4. The molecule has 0 aliphatic carbocycles. The fourth-order valence-corrected chi connectivity index (χ4v) is 4.57. The smallest absolute Gasteiger partial charge is 0.243 e. The van der Waals surface area contributed by atoms with Crippen molar-refractivity contribution in [3.05, 3.63) is 65.4 Å². The first kappa shape index (κ1) is 22.8. The summed E-state index contributed by atoms with van der Waals surface area (Å²) in [5.74, 6) is 0.918. The molecule has 0 aliphatic rings. The van der Waals surface area contributed by atoms with Gasteiger partial charge in [-0.25, -0.2) is 18.4 Å². The third-order valence-corrected chi connectivity index (χ3v) is 7.03. The molecule has 0 bridgehead atoms. The van der Waals surface area contributed by atoms with Crippen LogP contribution in [-0.4, -0.2) is 35.8 Å². The Kier molecular flexibility index (Phi) is 7.32. The molecule has 164 valence electrons. The fourth-order valence-electron chi connectivity index (χ4n) is 2.98. The summed E-state index contributed by atoms with van der Waals surface area (Å²) in [5.41, 5.74) is 8.27. The molecule has 3 aromatic rings. The Morgan fingerprint density at radius 2 is 1.58 bits per heavy atom. The minimum absolute atomic E-state index is 0.239. The van der Waals surface area contributed by atoms with E-state index in [4.69, 9.17) is 17.3 Å². The summed E-state index contributed by atoms with van der Waals surface area (Å²) >= 11 is 5.91. The number of nitrogens with two attached hydrogens (primary N) is 1. The van der Waals surface area contributed by atoms with Gasteiger partial charge in [-0.2, -0.15) is 4.31 Å². The highest BCUT2D eigenvalue weighted by atomic mass is 35.5. The molecule has 4 N–H and O–H groups in total. The Hall–Kier alpha value is -2.88. The van der Waals surface area contributed by atoms with E-state index in [0.717, 1.165) is 5.56 Å². The number of nitrogens with one attached hydrogen (secondary N) is 2. The number of rotatable bonds is 9. The summed E-state index contributed by atoms with van der Waals surface area (Å²) < 4.78 is 26.7. The van der Waals surface area contributed by atoms with Crippen LogP contribution in [0.2, 0.25) is 5.02 Å². The number of nitrogens with zero attached hydrogens (tertiary/aromatic N) is 3. The maximum atomic E-state index is 12.6. The number of aromatic nitrogens is 2. The zero-order valence-corrected chi connectivity index (χ0v) is 18.9. The van der Waals surface area contributed by atoms with E-state index in [1.54, 1.807) is 24.3 Å².